The van der Waals surface area contributed by atoms with E-state index in [1.807, 2.05) is 0 Å². The van der Waals surface area contributed by atoms with Crippen molar-refractivity contribution in [1.29, 1.82) is 0 Å². The third-order valence-corrected chi connectivity index (χ3v) is 3.03. The summed E-state index contributed by atoms with van der Waals surface area (Å²) in [4.78, 5) is 28.0. The zero-order chi connectivity index (χ0) is 13.1. The van der Waals surface area contributed by atoms with Gasteiger partial charge in [0.15, 0.2) is 5.13 Å². The number of benzene rings is 1. The molecule has 1 amide bonds. The maximum Gasteiger partial charge on any atom is 0.335 e. The number of rotatable bonds is 3. The molecule has 1 aromatic heterocycles. The van der Waals surface area contributed by atoms with Crippen LogP contribution in [0.3, 0.4) is 0 Å². The predicted octanol–water partition coefficient (Wildman–Crippen LogP) is 2.53. The predicted molar refractivity (Wildman–Crippen MR) is 68.3 cm³/mol. The van der Waals surface area contributed by atoms with Crippen molar-refractivity contribution in [1.82, 2.24) is 4.98 Å². The number of thiazole rings is 1. The molecule has 0 radical (unpaired) electrons. The maximum atomic E-state index is 11.7. The normalized spacial score (nSPS) is 10.1. The Morgan fingerprint density at radius 3 is 2.72 bits per heavy atom. The zero-order valence-electron chi connectivity index (χ0n) is 9.53. The number of carboxylic acids is 1. The lowest BCUT2D eigenvalue weighted by atomic mass is 10.2. The summed E-state index contributed by atoms with van der Waals surface area (Å²) in [6.07, 6.45) is 1.59. The summed E-state index contributed by atoms with van der Waals surface area (Å²) < 4.78 is 0. The van der Waals surface area contributed by atoms with Crippen molar-refractivity contribution in [2.24, 2.45) is 0 Å². The molecule has 18 heavy (non-hydrogen) atoms. The van der Waals surface area contributed by atoms with Crippen LogP contribution < -0.4 is 4.90 Å². The van der Waals surface area contributed by atoms with Crippen molar-refractivity contribution < 1.29 is 14.7 Å². The first-order chi connectivity index (χ1) is 8.59. The summed E-state index contributed by atoms with van der Waals surface area (Å²) in [5.74, 6) is -1.24. The first-order valence-corrected chi connectivity index (χ1v) is 6.01. The van der Waals surface area contributed by atoms with E-state index < -0.39 is 5.97 Å². The Hall–Kier alpha value is -2.21. The molecule has 0 saturated carbocycles. The molecule has 0 aliphatic rings. The minimum Gasteiger partial charge on any atom is -0.478 e. The van der Waals surface area contributed by atoms with Crippen LogP contribution in [0.1, 0.15) is 17.3 Å². The average Bonchev–Trinajstić information content (AvgIpc) is 2.82. The third kappa shape index (κ3) is 2.38. The summed E-state index contributed by atoms with van der Waals surface area (Å²) in [7, 11) is 0. The molecule has 1 heterocycles. The monoisotopic (exact) mass is 262 g/mol. The van der Waals surface area contributed by atoms with Gasteiger partial charge in [0.25, 0.3) is 0 Å². The van der Waals surface area contributed by atoms with E-state index in [1.54, 1.807) is 23.7 Å². The molecule has 92 valence electrons. The first-order valence-electron chi connectivity index (χ1n) is 5.13. The van der Waals surface area contributed by atoms with Gasteiger partial charge in [-0.15, -0.1) is 11.3 Å². The van der Waals surface area contributed by atoms with E-state index in [-0.39, 0.29) is 11.5 Å². The van der Waals surface area contributed by atoms with E-state index in [1.165, 1.54) is 35.3 Å². The number of amides is 1. The Balaban J connectivity index is 2.47. The van der Waals surface area contributed by atoms with Crippen molar-refractivity contribution in [3.8, 4) is 0 Å². The molecule has 0 aliphatic heterocycles. The minimum atomic E-state index is -1.03. The Bertz CT molecular complexity index is 581. The smallest absolute Gasteiger partial charge is 0.335 e. The van der Waals surface area contributed by atoms with Gasteiger partial charge in [-0.2, -0.15) is 0 Å². The maximum absolute atomic E-state index is 11.7. The Labute approximate surface area is 107 Å². The first kappa shape index (κ1) is 12.3. The molecule has 2 aromatic rings. The number of anilines is 2. The standard InChI is InChI=1S/C12H10N2O3S/c1-8(15)14(12-13-5-6-18-12)10-4-2-3-9(7-10)11(16)17/h2-7H,1H3,(H,16,17). The molecule has 0 unspecified atom stereocenters. The van der Waals surface area contributed by atoms with Crippen LogP contribution in [0.25, 0.3) is 0 Å². The van der Waals surface area contributed by atoms with Gasteiger partial charge in [-0.3, -0.25) is 9.69 Å². The third-order valence-electron chi connectivity index (χ3n) is 2.28. The molecule has 0 fully saturated rings. The van der Waals surface area contributed by atoms with Crippen LogP contribution >= 0.6 is 11.3 Å². The Kier molecular flexibility index (Phi) is 3.38. The lowest BCUT2D eigenvalue weighted by molar-refractivity contribution is -0.115. The molecule has 0 aliphatic carbocycles. The Morgan fingerprint density at radius 2 is 2.17 bits per heavy atom. The second kappa shape index (κ2) is 4.97. The van der Waals surface area contributed by atoms with E-state index in [4.69, 9.17) is 5.11 Å². The molecule has 2 rings (SSSR count). The topological polar surface area (TPSA) is 70.5 Å². The fourth-order valence-corrected chi connectivity index (χ4v) is 2.24. The van der Waals surface area contributed by atoms with Crippen LogP contribution in [0, 0.1) is 0 Å². The van der Waals surface area contributed by atoms with Gasteiger partial charge in [0.1, 0.15) is 0 Å². The van der Waals surface area contributed by atoms with Crippen LogP contribution in [0.15, 0.2) is 35.8 Å². The van der Waals surface area contributed by atoms with Crippen molar-refractivity contribution in [2.75, 3.05) is 4.90 Å². The number of hydrogen-bond donors (Lipinski definition) is 1. The molecule has 1 N–H and O–H groups in total. The lowest BCUT2D eigenvalue weighted by Gasteiger charge is -2.18. The van der Waals surface area contributed by atoms with Crippen LogP contribution in [-0.2, 0) is 4.79 Å². The van der Waals surface area contributed by atoms with E-state index in [2.05, 4.69) is 4.98 Å². The summed E-state index contributed by atoms with van der Waals surface area (Å²) in [6.45, 7) is 1.41. The van der Waals surface area contributed by atoms with Crippen molar-refractivity contribution >= 4 is 34.0 Å². The highest BCUT2D eigenvalue weighted by Gasteiger charge is 2.17. The Morgan fingerprint density at radius 1 is 1.39 bits per heavy atom. The molecular formula is C12H10N2O3S. The fraction of sp³-hybridized carbons (Fsp3) is 0.0833. The van der Waals surface area contributed by atoms with E-state index in [0.29, 0.717) is 10.8 Å². The van der Waals surface area contributed by atoms with Crippen LogP contribution in [0.2, 0.25) is 0 Å². The number of aromatic nitrogens is 1. The van der Waals surface area contributed by atoms with Crippen molar-refractivity contribution in [3.63, 3.8) is 0 Å². The number of carbonyl (C=O) groups excluding carboxylic acids is 1. The summed E-state index contributed by atoms with van der Waals surface area (Å²) in [6, 6.07) is 6.20. The number of aromatic carboxylic acids is 1. The van der Waals surface area contributed by atoms with Gasteiger partial charge in [-0.05, 0) is 18.2 Å². The molecule has 0 saturated heterocycles. The number of nitrogens with zero attached hydrogens (tertiary/aromatic N) is 2. The SMILES string of the molecule is CC(=O)N(c1cccc(C(=O)O)c1)c1nccs1. The highest BCUT2D eigenvalue weighted by atomic mass is 32.1. The van der Waals surface area contributed by atoms with Gasteiger partial charge in [0, 0.05) is 18.5 Å². The van der Waals surface area contributed by atoms with Gasteiger partial charge >= 0.3 is 5.97 Å². The number of carboxylic acid groups (broad SMARTS) is 1. The van der Waals surface area contributed by atoms with Gasteiger partial charge < -0.3 is 5.11 Å². The molecule has 0 atom stereocenters. The lowest BCUT2D eigenvalue weighted by Crippen LogP contribution is -2.22. The van der Waals surface area contributed by atoms with Crippen LogP contribution in [0.5, 0.6) is 0 Å². The average molecular weight is 262 g/mol. The molecule has 6 heteroatoms. The number of carbonyl (C=O) groups is 2. The van der Waals surface area contributed by atoms with Crippen LogP contribution in [-0.4, -0.2) is 22.0 Å². The van der Waals surface area contributed by atoms with E-state index >= 15 is 0 Å². The van der Waals surface area contributed by atoms with Crippen molar-refractivity contribution in [3.05, 3.63) is 41.4 Å². The quantitative estimate of drug-likeness (QED) is 0.922. The van der Waals surface area contributed by atoms with Gasteiger partial charge in [-0.1, -0.05) is 6.07 Å². The minimum absolute atomic E-state index is 0.135. The summed E-state index contributed by atoms with van der Waals surface area (Å²) in [5, 5.41) is 11.2. The fourth-order valence-electron chi connectivity index (χ4n) is 1.53. The molecule has 0 bridgehead atoms. The molecule has 5 nitrogen and oxygen atoms in total. The number of hydrogen-bond acceptors (Lipinski definition) is 4. The zero-order valence-corrected chi connectivity index (χ0v) is 10.3. The molecule has 0 spiro atoms. The summed E-state index contributed by atoms with van der Waals surface area (Å²) in [5.41, 5.74) is 0.632. The van der Waals surface area contributed by atoms with Crippen molar-refractivity contribution in [2.45, 2.75) is 6.92 Å². The molecular weight excluding hydrogens is 252 g/mol. The van der Waals surface area contributed by atoms with E-state index in [9.17, 15) is 9.59 Å². The molecule has 1 aromatic carbocycles. The van der Waals surface area contributed by atoms with Gasteiger partial charge in [-0.25, -0.2) is 9.78 Å². The highest BCUT2D eigenvalue weighted by Crippen LogP contribution is 2.27. The van der Waals surface area contributed by atoms with Crippen LogP contribution in [0.4, 0.5) is 10.8 Å². The largest absolute Gasteiger partial charge is 0.478 e. The van der Waals surface area contributed by atoms with Gasteiger partial charge in [0.2, 0.25) is 5.91 Å². The second-order valence-electron chi connectivity index (χ2n) is 3.52. The summed E-state index contributed by atoms with van der Waals surface area (Å²) >= 11 is 1.31. The van der Waals surface area contributed by atoms with Gasteiger partial charge in [0.05, 0.1) is 11.3 Å². The highest BCUT2D eigenvalue weighted by molar-refractivity contribution is 7.13. The van der Waals surface area contributed by atoms with E-state index in [0.717, 1.165) is 0 Å². The second-order valence-corrected chi connectivity index (χ2v) is 4.40.